The summed E-state index contributed by atoms with van der Waals surface area (Å²) in [7, 11) is 1.86. The van der Waals surface area contributed by atoms with E-state index in [0.717, 1.165) is 21.6 Å². The Morgan fingerprint density at radius 1 is 1.07 bits per heavy atom. The molecular weight excluding hydrogens is 434 g/mol. The van der Waals surface area contributed by atoms with Crippen LogP contribution in [0.3, 0.4) is 0 Å². The second-order valence-electron chi connectivity index (χ2n) is 6.79. The fraction of sp³-hybridized carbons (Fsp3) is 0.182. The topological polar surface area (TPSA) is 88.6 Å². The fourth-order valence-corrected chi connectivity index (χ4v) is 3.04. The van der Waals surface area contributed by atoms with Gasteiger partial charge in [-0.1, -0.05) is 28.1 Å². The fourth-order valence-electron chi connectivity index (χ4n) is 2.78. The largest absolute Gasteiger partial charge is 0.460 e. The summed E-state index contributed by atoms with van der Waals surface area (Å²) >= 11 is 3.42. The number of benzene rings is 2. The van der Waals surface area contributed by atoms with Crippen LogP contribution < -0.4 is 11.1 Å². The number of carbonyl (C=O) groups is 2. The molecule has 0 radical (unpaired) electrons. The van der Waals surface area contributed by atoms with Crippen molar-refractivity contribution in [2.45, 2.75) is 19.5 Å². The minimum Gasteiger partial charge on any atom is -0.460 e. The summed E-state index contributed by atoms with van der Waals surface area (Å²) in [5.74, 6) is 0.902. The normalized spacial score (nSPS) is 12.0. The summed E-state index contributed by atoms with van der Waals surface area (Å²) in [5.41, 5.74) is 7.22. The third-order valence-corrected chi connectivity index (χ3v) is 5.20. The van der Waals surface area contributed by atoms with E-state index < -0.39 is 5.91 Å². The number of likely N-dealkylation sites (N-methyl/N-ethyl adjacent to an activating group) is 1. The number of nitrogens with one attached hydrogen (secondary N) is 1. The number of nitrogens with zero attached hydrogens (tertiary/aromatic N) is 1. The number of furan rings is 1. The van der Waals surface area contributed by atoms with Gasteiger partial charge in [-0.25, -0.2) is 0 Å². The molecule has 0 bridgehead atoms. The summed E-state index contributed by atoms with van der Waals surface area (Å²) in [4.78, 5) is 25.6. The molecule has 3 N–H and O–H groups in total. The van der Waals surface area contributed by atoms with E-state index >= 15 is 0 Å². The molecule has 0 saturated heterocycles. The molecule has 6 nitrogen and oxygen atoms in total. The van der Waals surface area contributed by atoms with Crippen molar-refractivity contribution in [2.75, 3.05) is 12.4 Å². The summed E-state index contributed by atoms with van der Waals surface area (Å²) in [6.07, 6.45) is 0. The molecule has 2 aromatic carbocycles. The smallest absolute Gasteiger partial charge is 0.248 e. The molecule has 3 aromatic rings. The van der Waals surface area contributed by atoms with Gasteiger partial charge in [0.2, 0.25) is 11.8 Å². The van der Waals surface area contributed by atoms with Gasteiger partial charge in [0.1, 0.15) is 11.5 Å². The summed E-state index contributed by atoms with van der Waals surface area (Å²) < 4.78 is 6.94. The Hall–Kier alpha value is -2.90. The molecule has 29 heavy (non-hydrogen) atoms. The van der Waals surface area contributed by atoms with Crippen molar-refractivity contribution in [1.29, 1.82) is 0 Å². The third kappa shape index (κ3) is 5.34. The van der Waals surface area contributed by atoms with Crippen LogP contribution >= 0.6 is 15.9 Å². The predicted octanol–water partition coefficient (Wildman–Crippen LogP) is 4.27. The summed E-state index contributed by atoms with van der Waals surface area (Å²) in [6, 6.07) is 17.8. The van der Waals surface area contributed by atoms with E-state index in [4.69, 9.17) is 10.2 Å². The zero-order valence-electron chi connectivity index (χ0n) is 16.2. The number of primary amides is 1. The number of nitrogens with two attached hydrogens (primary N) is 1. The van der Waals surface area contributed by atoms with Crippen LogP contribution in [0.5, 0.6) is 0 Å². The lowest BCUT2D eigenvalue weighted by Crippen LogP contribution is -2.39. The predicted molar refractivity (Wildman–Crippen MR) is 116 cm³/mol. The van der Waals surface area contributed by atoms with Crippen LogP contribution in [0, 0.1) is 0 Å². The van der Waals surface area contributed by atoms with Crippen LogP contribution in [0.15, 0.2) is 69.6 Å². The molecule has 0 aliphatic rings. The van der Waals surface area contributed by atoms with Crippen LogP contribution in [0.1, 0.15) is 23.0 Å². The van der Waals surface area contributed by atoms with E-state index in [1.165, 1.54) is 0 Å². The maximum absolute atomic E-state index is 12.5. The van der Waals surface area contributed by atoms with E-state index in [1.54, 1.807) is 24.3 Å². The highest BCUT2D eigenvalue weighted by molar-refractivity contribution is 9.10. The van der Waals surface area contributed by atoms with Crippen molar-refractivity contribution in [2.24, 2.45) is 5.73 Å². The summed E-state index contributed by atoms with van der Waals surface area (Å²) in [5, 5.41) is 2.84. The first kappa shape index (κ1) is 20.8. The highest BCUT2D eigenvalue weighted by atomic mass is 79.9. The zero-order valence-corrected chi connectivity index (χ0v) is 17.8. The first-order valence-corrected chi connectivity index (χ1v) is 9.88. The van der Waals surface area contributed by atoms with Crippen LogP contribution in [-0.2, 0) is 11.3 Å². The Balaban J connectivity index is 1.59. The van der Waals surface area contributed by atoms with Crippen LogP contribution in [0.2, 0.25) is 0 Å². The molecule has 2 amide bonds. The highest BCUT2D eigenvalue weighted by Gasteiger charge is 2.19. The Labute approximate surface area is 177 Å². The van der Waals surface area contributed by atoms with Crippen LogP contribution in [0.25, 0.3) is 11.3 Å². The molecule has 0 spiro atoms. The Kier molecular flexibility index (Phi) is 6.51. The molecular formula is C22H22BrN3O3. The van der Waals surface area contributed by atoms with Gasteiger partial charge in [0.25, 0.3) is 0 Å². The minimum atomic E-state index is -0.503. The van der Waals surface area contributed by atoms with Crippen molar-refractivity contribution in [3.05, 3.63) is 76.5 Å². The first-order valence-electron chi connectivity index (χ1n) is 9.09. The molecule has 7 heteroatoms. The molecule has 0 saturated carbocycles. The van der Waals surface area contributed by atoms with E-state index in [0.29, 0.717) is 17.8 Å². The van der Waals surface area contributed by atoms with Gasteiger partial charge in [0.15, 0.2) is 0 Å². The van der Waals surface area contributed by atoms with Crippen LogP contribution in [0.4, 0.5) is 5.69 Å². The molecule has 0 fully saturated rings. The number of halogens is 1. The second-order valence-corrected chi connectivity index (χ2v) is 7.71. The average molecular weight is 456 g/mol. The molecule has 1 aromatic heterocycles. The summed E-state index contributed by atoms with van der Waals surface area (Å²) in [6.45, 7) is 2.32. The molecule has 1 heterocycles. The average Bonchev–Trinajstić information content (AvgIpc) is 3.16. The Morgan fingerprint density at radius 2 is 1.72 bits per heavy atom. The lowest BCUT2D eigenvalue weighted by Gasteiger charge is -2.23. The third-order valence-electron chi connectivity index (χ3n) is 4.67. The maximum atomic E-state index is 12.5. The number of rotatable bonds is 7. The lowest BCUT2D eigenvalue weighted by atomic mass is 10.2. The van der Waals surface area contributed by atoms with Gasteiger partial charge >= 0.3 is 0 Å². The maximum Gasteiger partial charge on any atom is 0.248 e. The molecule has 3 rings (SSSR count). The molecule has 150 valence electrons. The van der Waals surface area contributed by atoms with Gasteiger partial charge in [-0.2, -0.15) is 0 Å². The van der Waals surface area contributed by atoms with Gasteiger partial charge in [0, 0.05) is 21.3 Å². The quantitative estimate of drug-likeness (QED) is 0.556. The van der Waals surface area contributed by atoms with E-state index in [2.05, 4.69) is 21.2 Å². The lowest BCUT2D eigenvalue weighted by molar-refractivity contribution is -0.120. The number of amides is 2. The number of hydrogen-bond acceptors (Lipinski definition) is 4. The van der Waals surface area contributed by atoms with E-state index in [1.807, 2.05) is 55.3 Å². The van der Waals surface area contributed by atoms with Crippen molar-refractivity contribution < 1.29 is 14.0 Å². The van der Waals surface area contributed by atoms with E-state index in [-0.39, 0.29) is 11.9 Å². The van der Waals surface area contributed by atoms with Crippen molar-refractivity contribution in [3.8, 4) is 11.3 Å². The number of hydrogen-bond donors (Lipinski definition) is 2. The second kappa shape index (κ2) is 9.07. The SMILES string of the molecule is CC(C(=O)Nc1ccc(C(N)=O)cc1)N(C)Cc1ccc(-c2ccc(Br)cc2)o1. The van der Waals surface area contributed by atoms with Gasteiger partial charge in [-0.05, 0) is 62.5 Å². The Bertz CT molecular complexity index is 997. The zero-order chi connectivity index (χ0) is 21.0. The first-order chi connectivity index (χ1) is 13.8. The monoisotopic (exact) mass is 455 g/mol. The minimum absolute atomic E-state index is 0.154. The van der Waals surface area contributed by atoms with Crippen LogP contribution in [-0.4, -0.2) is 29.8 Å². The van der Waals surface area contributed by atoms with Gasteiger partial charge in [0.05, 0.1) is 12.6 Å². The highest BCUT2D eigenvalue weighted by Crippen LogP contribution is 2.24. The Morgan fingerprint density at radius 3 is 2.34 bits per heavy atom. The molecule has 0 aliphatic carbocycles. The van der Waals surface area contributed by atoms with Crippen molar-refractivity contribution in [3.63, 3.8) is 0 Å². The van der Waals surface area contributed by atoms with E-state index in [9.17, 15) is 9.59 Å². The van der Waals surface area contributed by atoms with Gasteiger partial charge in [-0.3, -0.25) is 14.5 Å². The van der Waals surface area contributed by atoms with Crippen molar-refractivity contribution >= 4 is 33.4 Å². The standard InChI is InChI=1S/C22H22BrN3O3/c1-14(22(28)25-18-9-5-16(6-10-18)21(24)27)26(2)13-19-11-12-20(29-19)15-3-7-17(23)8-4-15/h3-12,14H,13H2,1-2H3,(H2,24,27)(H,25,28). The molecule has 1 atom stereocenters. The molecule has 1 unspecified atom stereocenters. The van der Waals surface area contributed by atoms with Gasteiger partial charge < -0.3 is 15.5 Å². The number of anilines is 1. The number of carbonyl (C=O) groups excluding carboxylic acids is 2. The van der Waals surface area contributed by atoms with Gasteiger partial charge in [-0.15, -0.1) is 0 Å². The van der Waals surface area contributed by atoms with Crippen molar-refractivity contribution in [1.82, 2.24) is 4.90 Å². The molecule has 0 aliphatic heterocycles.